The topological polar surface area (TPSA) is 80.3 Å². The van der Waals surface area contributed by atoms with E-state index in [1.165, 1.54) is 6.20 Å². The number of hydrazine groups is 1. The molecular weight excluding hydrogens is 378 g/mol. The summed E-state index contributed by atoms with van der Waals surface area (Å²) >= 11 is 5.84. The van der Waals surface area contributed by atoms with Crippen LogP contribution in [0.2, 0.25) is 5.02 Å². The number of carbonyl (C=O) groups is 2. The number of nitrogens with one attached hydrogen (secondary N) is 2. The number of pyridine rings is 1. The Labute approximate surface area is 167 Å². The SMILES string of the molecule is Cc1ccc(C(=O)NNC(=O)c2ccc(COc3ccc(Cl)cc3)cc2)cn1. The molecule has 7 heteroatoms. The number of hydrogen-bond acceptors (Lipinski definition) is 4. The van der Waals surface area contributed by atoms with Crippen LogP contribution in [-0.4, -0.2) is 16.8 Å². The summed E-state index contributed by atoms with van der Waals surface area (Å²) in [7, 11) is 0. The van der Waals surface area contributed by atoms with Crippen LogP contribution in [0.15, 0.2) is 66.9 Å². The van der Waals surface area contributed by atoms with Crippen molar-refractivity contribution < 1.29 is 14.3 Å². The largest absolute Gasteiger partial charge is 0.489 e. The Morgan fingerprint density at radius 2 is 1.50 bits per heavy atom. The highest BCUT2D eigenvalue weighted by Gasteiger charge is 2.09. The molecule has 3 rings (SSSR count). The van der Waals surface area contributed by atoms with E-state index in [4.69, 9.17) is 16.3 Å². The molecule has 1 heterocycles. The van der Waals surface area contributed by atoms with E-state index >= 15 is 0 Å². The summed E-state index contributed by atoms with van der Waals surface area (Å²) in [4.78, 5) is 28.2. The summed E-state index contributed by atoms with van der Waals surface area (Å²) in [6, 6.07) is 17.3. The normalized spacial score (nSPS) is 10.2. The molecule has 0 aliphatic heterocycles. The number of halogens is 1. The first-order valence-corrected chi connectivity index (χ1v) is 8.90. The Balaban J connectivity index is 1.51. The van der Waals surface area contributed by atoms with Crippen LogP contribution < -0.4 is 15.6 Å². The van der Waals surface area contributed by atoms with E-state index in [2.05, 4.69) is 15.8 Å². The molecule has 0 radical (unpaired) electrons. The molecule has 0 aliphatic carbocycles. The van der Waals surface area contributed by atoms with Gasteiger partial charge in [0.2, 0.25) is 0 Å². The lowest BCUT2D eigenvalue weighted by Gasteiger charge is -2.09. The first-order chi connectivity index (χ1) is 13.5. The third-order valence-corrected chi connectivity index (χ3v) is 4.15. The minimum absolute atomic E-state index is 0.362. The third kappa shape index (κ3) is 5.31. The summed E-state index contributed by atoms with van der Waals surface area (Å²) in [5, 5.41) is 0.647. The van der Waals surface area contributed by atoms with Crippen LogP contribution in [0.5, 0.6) is 5.75 Å². The molecular formula is C21H18ClN3O3. The molecule has 2 N–H and O–H groups in total. The average molecular weight is 396 g/mol. The summed E-state index contributed by atoms with van der Waals surface area (Å²) in [5.41, 5.74) is 7.24. The van der Waals surface area contributed by atoms with Gasteiger partial charge in [-0.25, -0.2) is 0 Å². The standard InChI is InChI=1S/C21H18ClN3O3/c1-14-2-5-17(12-23-14)21(27)25-24-20(26)16-6-3-15(4-7-16)13-28-19-10-8-18(22)9-11-19/h2-12H,13H2,1H3,(H,24,26)(H,25,27). The molecule has 0 atom stereocenters. The summed E-state index contributed by atoms with van der Waals surface area (Å²) in [6.07, 6.45) is 1.45. The van der Waals surface area contributed by atoms with Crippen molar-refractivity contribution in [3.63, 3.8) is 0 Å². The van der Waals surface area contributed by atoms with Crippen molar-refractivity contribution in [1.82, 2.24) is 15.8 Å². The van der Waals surface area contributed by atoms with E-state index in [1.54, 1.807) is 60.7 Å². The predicted molar refractivity (Wildman–Crippen MR) is 106 cm³/mol. The minimum Gasteiger partial charge on any atom is -0.489 e. The second-order valence-corrected chi connectivity index (χ2v) is 6.47. The number of nitrogens with zero attached hydrogens (tertiary/aromatic N) is 1. The fourth-order valence-electron chi connectivity index (χ4n) is 2.31. The Morgan fingerprint density at radius 3 is 2.11 bits per heavy atom. The highest BCUT2D eigenvalue weighted by atomic mass is 35.5. The highest BCUT2D eigenvalue weighted by molar-refractivity contribution is 6.30. The van der Waals surface area contributed by atoms with Gasteiger partial charge in [-0.05, 0) is 61.0 Å². The number of benzene rings is 2. The molecule has 1 aromatic heterocycles. The maximum absolute atomic E-state index is 12.2. The molecule has 28 heavy (non-hydrogen) atoms. The maximum Gasteiger partial charge on any atom is 0.271 e. The van der Waals surface area contributed by atoms with Crippen LogP contribution in [-0.2, 0) is 6.61 Å². The second-order valence-electron chi connectivity index (χ2n) is 6.04. The molecule has 0 spiro atoms. The van der Waals surface area contributed by atoms with Crippen LogP contribution >= 0.6 is 11.6 Å². The van der Waals surface area contributed by atoms with E-state index in [9.17, 15) is 9.59 Å². The van der Waals surface area contributed by atoms with Crippen molar-refractivity contribution in [3.8, 4) is 5.75 Å². The Kier molecular flexibility index (Phi) is 6.24. The smallest absolute Gasteiger partial charge is 0.271 e. The molecule has 0 aliphatic rings. The maximum atomic E-state index is 12.2. The molecule has 142 valence electrons. The fourth-order valence-corrected chi connectivity index (χ4v) is 2.44. The van der Waals surface area contributed by atoms with Crippen molar-refractivity contribution in [3.05, 3.63) is 94.3 Å². The van der Waals surface area contributed by atoms with Gasteiger partial charge in [-0.1, -0.05) is 23.7 Å². The van der Waals surface area contributed by atoms with Gasteiger partial charge in [-0.2, -0.15) is 0 Å². The van der Waals surface area contributed by atoms with Crippen LogP contribution in [0, 0.1) is 6.92 Å². The van der Waals surface area contributed by atoms with Crippen LogP contribution in [0.3, 0.4) is 0 Å². The first-order valence-electron chi connectivity index (χ1n) is 8.52. The monoisotopic (exact) mass is 395 g/mol. The fraction of sp³-hybridized carbons (Fsp3) is 0.0952. The van der Waals surface area contributed by atoms with Gasteiger partial charge in [0.1, 0.15) is 12.4 Å². The van der Waals surface area contributed by atoms with E-state index in [1.807, 2.05) is 6.92 Å². The molecule has 2 aromatic carbocycles. The summed E-state index contributed by atoms with van der Waals surface area (Å²) in [5.74, 6) is -0.146. The van der Waals surface area contributed by atoms with Gasteiger partial charge in [0.25, 0.3) is 11.8 Å². The number of rotatable bonds is 5. The number of aromatic nitrogens is 1. The molecule has 0 fully saturated rings. The Morgan fingerprint density at radius 1 is 0.893 bits per heavy atom. The van der Waals surface area contributed by atoms with E-state index in [-0.39, 0.29) is 0 Å². The quantitative estimate of drug-likeness (QED) is 0.645. The minimum atomic E-state index is -0.436. The van der Waals surface area contributed by atoms with Crippen molar-refractivity contribution in [2.24, 2.45) is 0 Å². The Hall–Kier alpha value is -3.38. The van der Waals surface area contributed by atoms with Gasteiger partial charge in [-0.15, -0.1) is 0 Å². The zero-order chi connectivity index (χ0) is 19.9. The lowest BCUT2D eigenvalue weighted by atomic mass is 10.1. The highest BCUT2D eigenvalue weighted by Crippen LogP contribution is 2.17. The Bertz CT molecular complexity index is 956. The first kappa shape index (κ1) is 19.4. The van der Waals surface area contributed by atoms with E-state index in [0.29, 0.717) is 28.5 Å². The second kappa shape index (κ2) is 9.01. The van der Waals surface area contributed by atoms with Crippen LogP contribution in [0.25, 0.3) is 0 Å². The molecule has 0 bridgehead atoms. The summed E-state index contributed by atoms with van der Waals surface area (Å²) in [6.45, 7) is 2.19. The molecule has 6 nitrogen and oxygen atoms in total. The van der Waals surface area contributed by atoms with Gasteiger partial charge in [0, 0.05) is 22.5 Å². The average Bonchev–Trinajstić information content (AvgIpc) is 2.72. The van der Waals surface area contributed by atoms with Crippen LogP contribution in [0.1, 0.15) is 32.0 Å². The zero-order valence-corrected chi connectivity index (χ0v) is 15.9. The van der Waals surface area contributed by atoms with Crippen molar-refractivity contribution in [2.75, 3.05) is 0 Å². The number of carbonyl (C=O) groups excluding carboxylic acids is 2. The van der Waals surface area contributed by atoms with Gasteiger partial charge >= 0.3 is 0 Å². The van der Waals surface area contributed by atoms with Crippen molar-refractivity contribution in [2.45, 2.75) is 13.5 Å². The third-order valence-electron chi connectivity index (χ3n) is 3.90. The van der Waals surface area contributed by atoms with Crippen LogP contribution in [0.4, 0.5) is 0 Å². The van der Waals surface area contributed by atoms with Gasteiger partial charge in [0.15, 0.2) is 0 Å². The molecule has 0 saturated heterocycles. The van der Waals surface area contributed by atoms with Crippen molar-refractivity contribution >= 4 is 23.4 Å². The summed E-state index contributed by atoms with van der Waals surface area (Å²) < 4.78 is 5.66. The van der Waals surface area contributed by atoms with E-state index in [0.717, 1.165) is 11.3 Å². The van der Waals surface area contributed by atoms with Gasteiger partial charge in [0.05, 0.1) is 5.56 Å². The zero-order valence-electron chi connectivity index (χ0n) is 15.1. The lowest BCUT2D eigenvalue weighted by molar-refractivity contribution is 0.0846. The van der Waals surface area contributed by atoms with Gasteiger partial charge in [-0.3, -0.25) is 25.4 Å². The number of ether oxygens (including phenoxy) is 1. The molecule has 0 saturated carbocycles. The molecule has 0 unspecified atom stereocenters. The number of aryl methyl sites for hydroxylation is 1. The molecule has 3 aromatic rings. The van der Waals surface area contributed by atoms with Crippen molar-refractivity contribution in [1.29, 1.82) is 0 Å². The number of amides is 2. The van der Waals surface area contributed by atoms with E-state index < -0.39 is 11.8 Å². The van der Waals surface area contributed by atoms with Gasteiger partial charge < -0.3 is 4.74 Å². The number of hydrogen-bond donors (Lipinski definition) is 2. The molecule has 2 amide bonds. The lowest BCUT2D eigenvalue weighted by Crippen LogP contribution is -2.41. The predicted octanol–water partition coefficient (Wildman–Crippen LogP) is 3.70.